The lowest BCUT2D eigenvalue weighted by Gasteiger charge is -2.05. The molecule has 1 heterocycles. The molecule has 0 saturated heterocycles. The van der Waals surface area contributed by atoms with Crippen LogP contribution < -0.4 is 5.73 Å². The Morgan fingerprint density at radius 3 is 2.76 bits per heavy atom. The smallest absolute Gasteiger partial charge is 0.125 e. The van der Waals surface area contributed by atoms with Crippen molar-refractivity contribution in [2.75, 3.05) is 5.73 Å². The summed E-state index contributed by atoms with van der Waals surface area (Å²) in [6.45, 7) is 1.96. The molecule has 0 saturated carbocycles. The molecule has 2 rings (SSSR count). The van der Waals surface area contributed by atoms with Gasteiger partial charge in [-0.05, 0) is 31.2 Å². The average molecular weight is 251 g/mol. The highest BCUT2D eigenvalue weighted by Gasteiger charge is 2.05. The zero-order chi connectivity index (χ0) is 12.4. The van der Waals surface area contributed by atoms with E-state index in [0.29, 0.717) is 5.69 Å². The van der Waals surface area contributed by atoms with Gasteiger partial charge in [-0.2, -0.15) is 5.10 Å². The zero-order valence-corrected chi connectivity index (χ0v) is 10.6. The van der Waals surface area contributed by atoms with Gasteiger partial charge in [0.25, 0.3) is 0 Å². The molecule has 3 nitrogen and oxygen atoms in total. The van der Waals surface area contributed by atoms with E-state index in [1.807, 2.05) is 24.7 Å². The summed E-state index contributed by atoms with van der Waals surface area (Å²) < 4.78 is 14.7. The van der Waals surface area contributed by atoms with Crippen molar-refractivity contribution < 1.29 is 4.39 Å². The van der Waals surface area contributed by atoms with E-state index in [9.17, 15) is 4.39 Å². The third-order valence-electron chi connectivity index (χ3n) is 2.45. The van der Waals surface area contributed by atoms with Crippen LogP contribution in [-0.4, -0.2) is 9.78 Å². The van der Waals surface area contributed by atoms with E-state index in [1.165, 1.54) is 12.1 Å². The van der Waals surface area contributed by atoms with Crippen molar-refractivity contribution in [1.29, 1.82) is 0 Å². The third kappa shape index (κ3) is 2.79. The van der Waals surface area contributed by atoms with Crippen molar-refractivity contribution in [3.05, 3.63) is 41.5 Å². The number of hydrogen-bond donors (Lipinski definition) is 1. The first-order chi connectivity index (χ1) is 8.06. The van der Waals surface area contributed by atoms with Gasteiger partial charge in [0, 0.05) is 29.1 Å². The highest BCUT2D eigenvalue weighted by molar-refractivity contribution is 7.98. The van der Waals surface area contributed by atoms with Gasteiger partial charge in [0.15, 0.2) is 0 Å². The minimum atomic E-state index is -0.303. The van der Waals surface area contributed by atoms with Crippen molar-refractivity contribution in [1.82, 2.24) is 9.78 Å². The lowest BCUT2D eigenvalue weighted by molar-refractivity contribution is 0.627. The molecule has 1 aromatic carbocycles. The Morgan fingerprint density at radius 1 is 1.41 bits per heavy atom. The SMILES string of the molecule is Cc1cc(CSc2ccc(F)cc2N)n(C)n1. The predicted molar refractivity (Wildman–Crippen MR) is 68.3 cm³/mol. The van der Waals surface area contributed by atoms with Gasteiger partial charge in [-0.15, -0.1) is 11.8 Å². The number of nitrogens with zero attached hydrogens (tertiary/aromatic N) is 2. The van der Waals surface area contributed by atoms with Gasteiger partial charge in [0.1, 0.15) is 5.82 Å². The standard InChI is InChI=1S/C12H14FN3S/c1-8-5-10(16(2)15-8)7-17-12-4-3-9(13)6-11(12)14/h3-6H,7,14H2,1-2H3. The fourth-order valence-electron chi connectivity index (χ4n) is 1.60. The summed E-state index contributed by atoms with van der Waals surface area (Å²) in [5.74, 6) is 0.468. The first-order valence-electron chi connectivity index (χ1n) is 5.23. The summed E-state index contributed by atoms with van der Waals surface area (Å²) in [6.07, 6.45) is 0. The van der Waals surface area contributed by atoms with Crippen LogP contribution in [0.15, 0.2) is 29.2 Å². The number of thioether (sulfide) groups is 1. The first-order valence-corrected chi connectivity index (χ1v) is 6.22. The third-order valence-corrected chi connectivity index (χ3v) is 3.57. The molecule has 0 bridgehead atoms. The highest BCUT2D eigenvalue weighted by Crippen LogP contribution is 2.28. The van der Waals surface area contributed by atoms with Crippen LogP contribution in [0.4, 0.5) is 10.1 Å². The largest absolute Gasteiger partial charge is 0.398 e. The molecule has 17 heavy (non-hydrogen) atoms. The van der Waals surface area contributed by atoms with E-state index < -0.39 is 0 Å². The predicted octanol–water partition coefficient (Wildman–Crippen LogP) is 2.74. The Bertz CT molecular complexity index is 537. The molecule has 0 fully saturated rings. The second-order valence-electron chi connectivity index (χ2n) is 3.87. The number of aromatic nitrogens is 2. The number of halogens is 1. The normalized spacial score (nSPS) is 10.8. The quantitative estimate of drug-likeness (QED) is 0.674. The van der Waals surface area contributed by atoms with Crippen LogP contribution in [0, 0.1) is 12.7 Å². The van der Waals surface area contributed by atoms with Gasteiger partial charge >= 0.3 is 0 Å². The minimum Gasteiger partial charge on any atom is -0.398 e. The molecular formula is C12H14FN3S. The van der Waals surface area contributed by atoms with Crippen LogP contribution in [0.2, 0.25) is 0 Å². The number of anilines is 1. The summed E-state index contributed by atoms with van der Waals surface area (Å²) in [4.78, 5) is 0.894. The molecule has 0 atom stereocenters. The second-order valence-corrected chi connectivity index (χ2v) is 4.89. The average Bonchev–Trinajstić information content (AvgIpc) is 2.56. The Hall–Kier alpha value is -1.49. The van der Waals surface area contributed by atoms with Crippen LogP contribution in [0.1, 0.15) is 11.4 Å². The maximum Gasteiger partial charge on any atom is 0.125 e. The molecule has 2 N–H and O–H groups in total. The monoisotopic (exact) mass is 251 g/mol. The molecular weight excluding hydrogens is 237 g/mol. The summed E-state index contributed by atoms with van der Waals surface area (Å²) in [5, 5.41) is 4.27. The zero-order valence-electron chi connectivity index (χ0n) is 9.77. The Balaban J connectivity index is 2.10. The molecule has 5 heteroatoms. The molecule has 90 valence electrons. The summed E-state index contributed by atoms with van der Waals surface area (Å²) in [6, 6.07) is 6.51. The van der Waals surface area contributed by atoms with Gasteiger partial charge in [-0.1, -0.05) is 0 Å². The molecule has 0 aliphatic rings. The fourth-order valence-corrected chi connectivity index (χ4v) is 2.57. The van der Waals surface area contributed by atoms with Crippen molar-refractivity contribution in [3.63, 3.8) is 0 Å². The molecule has 0 spiro atoms. The number of nitrogens with two attached hydrogens (primary N) is 1. The van der Waals surface area contributed by atoms with Crippen LogP contribution in [0.25, 0.3) is 0 Å². The van der Waals surface area contributed by atoms with Gasteiger partial charge in [0.05, 0.1) is 5.69 Å². The summed E-state index contributed by atoms with van der Waals surface area (Å²) in [7, 11) is 1.91. The number of aryl methyl sites for hydroxylation is 2. The number of rotatable bonds is 3. The van der Waals surface area contributed by atoms with Gasteiger partial charge in [-0.25, -0.2) is 4.39 Å². The van der Waals surface area contributed by atoms with Crippen LogP contribution in [-0.2, 0) is 12.8 Å². The maximum atomic E-state index is 12.9. The van der Waals surface area contributed by atoms with Gasteiger partial charge < -0.3 is 5.73 Å². The number of nitrogen functional groups attached to an aromatic ring is 1. The van der Waals surface area contributed by atoms with E-state index >= 15 is 0 Å². The van der Waals surface area contributed by atoms with Crippen LogP contribution in [0.5, 0.6) is 0 Å². The van der Waals surface area contributed by atoms with Gasteiger partial charge in [0.2, 0.25) is 0 Å². The highest BCUT2D eigenvalue weighted by atomic mass is 32.2. The van der Waals surface area contributed by atoms with E-state index in [4.69, 9.17) is 5.73 Å². The summed E-state index contributed by atoms with van der Waals surface area (Å²) in [5.41, 5.74) is 8.34. The first kappa shape index (κ1) is 12.0. The van der Waals surface area contributed by atoms with Crippen LogP contribution in [0.3, 0.4) is 0 Å². The van der Waals surface area contributed by atoms with Crippen molar-refractivity contribution in [3.8, 4) is 0 Å². The van der Waals surface area contributed by atoms with Crippen molar-refractivity contribution >= 4 is 17.4 Å². The van der Waals surface area contributed by atoms with Gasteiger partial charge in [-0.3, -0.25) is 4.68 Å². The Kier molecular flexibility index (Phi) is 3.38. The number of hydrogen-bond acceptors (Lipinski definition) is 3. The molecule has 0 unspecified atom stereocenters. The van der Waals surface area contributed by atoms with Crippen molar-refractivity contribution in [2.24, 2.45) is 7.05 Å². The Labute approximate surface area is 104 Å². The molecule has 0 radical (unpaired) electrons. The summed E-state index contributed by atoms with van der Waals surface area (Å²) >= 11 is 1.58. The lowest BCUT2D eigenvalue weighted by atomic mass is 10.3. The van der Waals surface area contributed by atoms with Crippen molar-refractivity contribution in [2.45, 2.75) is 17.6 Å². The number of benzene rings is 1. The molecule has 0 aliphatic carbocycles. The minimum absolute atomic E-state index is 0.303. The Morgan fingerprint density at radius 2 is 2.18 bits per heavy atom. The topological polar surface area (TPSA) is 43.8 Å². The molecule has 0 aliphatic heterocycles. The fraction of sp³-hybridized carbons (Fsp3) is 0.250. The second kappa shape index (κ2) is 4.79. The molecule has 2 aromatic rings. The van der Waals surface area contributed by atoms with Crippen LogP contribution >= 0.6 is 11.8 Å². The van der Waals surface area contributed by atoms with E-state index in [1.54, 1.807) is 17.8 Å². The molecule has 1 aromatic heterocycles. The van der Waals surface area contributed by atoms with E-state index in [2.05, 4.69) is 5.10 Å². The molecule has 0 amide bonds. The van der Waals surface area contributed by atoms with E-state index in [-0.39, 0.29) is 5.82 Å². The maximum absolute atomic E-state index is 12.9. The van der Waals surface area contributed by atoms with E-state index in [0.717, 1.165) is 22.0 Å². The lowest BCUT2D eigenvalue weighted by Crippen LogP contribution is -1.97.